The first-order valence-corrected chi connectivity index (χ1v) is 21.9. The Balaban J connectivity index is 1.73. The zero-order chi connectivity index (χ0) is 47.3. The first-order valence-electron chi connectivity index (χ1n) is 21.9. The second kappa shape index (κ2) is 23.5. The number of carboxylic acids is 1. The number of carbonyl (C=O) groups is 8. The first kappa shape index (κ1) is 52.2. The van der Waals surface area contributed by atoms with Crippen molar-refractivity contribution in [3.05, 3.63) is 48.0 Å². The van der Waals surface area contributed by atoms with Crippen molar-refractivity contribution < 1.29 is 52.9 Å². The normalized spacial score (nSPS) is 18.6. The Morgan fingerprint density at radius 3 is 2.10 bits per heavy atom. The van der Waals surface area contributed by atoms with Crippen molar-refractivity contribution in [2.75, 3.05) is 41.4 Å². The van der Waals surface area contributed by atoms with E-state index in [9.17, 15) is 43.5 Å². The molecule has 0 bridgehead atoms. The van der Waals surface area contributed by atoms with Gasteiger partial charge in [0.15, 0.2) is 0 Å². The van der Waals surface area contributed by atoms with Crippen LogP contribution >= 0.6 is 0 Å². The molecule has 350 valence electrons. The Hall–Kier alpha value is -5.16. The molecule has 1 saturated heterocycles. The van der Waals surface area contributed by atoms with Gasteiger partial charge in [-0.05, 0) is 50.5 Å². The van der Waals surface area contributed by atoms with Crippen LogP contribution in [0.3, 0.4) is 0 Å². The van der Waals surface area contributed by atoms with Gasteiger partial charge in [-0.1, -0.05) is 71.4 Å². The van der Waals surface area contributed by atoms with Crippen LogP contribution in [0.2, 0.25) is 0 Å². The van der Waals surface area contributed by atoms with Crippen LogP contribution in [0.5, 0.6) is 0 Å². The lowest BCUT2D eigenvalue weighted by Gasteiger charge is -2.41. The summed E-state index contributed by atoms with van der Waals surface area (Å²) in [6.07, 6.45) is 2.91. The highest BCUT2D eigenvalue weighted by Crippen LogP contribution is 2.30. The van der Waals surface area contributed by atoms with Crippen molar-refractivity contribution in [2.24, 2.45) is 17.8 Å². The summed E-state index contributed by atoms with van der Waals surface area (Å²) in [7, 11) is 6.08. The molecule has 0 radical (unpaired) electrons. The van der Waals surface area contributed by atoms with Crippen LogP contribution in [0.1, 0.15) is 92.6 Å². The molecule has 0 spiro atoms. The van der Waals surface area contributed by atoms with E-state index in [0.29, 0.717) is 25.8 Å². The molecule has 17 nitrogen and oxygen atoms in total. The van der Waals surface area contributed by atoms with E-state index in [2.05, 4.69) is 10.6 Å². The number of imide groups is 1. The highest BCUT2D eigenvalue weighted by Gasteiger charge is 2.44. The number of nitrogens with zero attached hydrogens (tertiary/aromatic N) is 4. The summed E-state index contributed by atoms with van der Waals surface area (Å²) in [5.41, 5.74) is -0.624. The molecule has 17 heteroatoms. The summed E-state index contributed by atoms with van der Waals surface area (Å²) >= 11 is 0. The Morgan fingerprint density at radius 1 is 0.937 bits per heavy atom. The van der Waals surface area contributed by atoms with Crippen LogP contribution in [0, 0.1) is 17.8 Å². The number of nitrogens with one attached hydrogen (secondary N) is 2. The van der Waals surface area contributed by atoms with Crippen LogP contribution in [-0.4, -0.2) is 155 Å². The van der Waals surface area contributed by atoms with E-state index in [1.807, 2.05) is 19.9 Å². The molecule has 8 unspecified atom stereocenters. The van der Waals surface area contributed by atoms with Gasteiger partial charge in [0.1, 0.15) is 17.6 Å². The molecule has 63 heavy (non-hydrogen) atoms. The molecule has 7 amide bonds. The second-order valence-corrected chi connectivity index (χ2v) is 17.7. The van der Waals surface area contributed by atoms with Crippen molar-refractivity contribution in [1.82, 2.24) is 30.2 Å². The van der Waals surface area contributed by atoms with Crippen molar-refractivity contribution in [1.29, 1.82) is 0 Å². The molecule has 2 aliphatic heterocycles. The first-order chi connectivity index (χ1) is 29.6. The number of amides is 7. The fraction of sp³-hybridized carbons (Fsp3) is 0.652. The van der Waals surface area contributed by atoms with Gasteiger partial charge in [-0.25, -0.2) is 4.79 Å². The fourth-order valence-corrected chi connectivity index (χ4v) is 8.38. The summed E-state index contributed by atoms with van der Waals surface area (Å²) in [5.74, 6) is -5.46. The van der Waals surface area contributed by atoms with Crippen LogP contribution in [0.15, 0.2) is 42.5 Å². The van der Waals surface area contributed by atoms with Gasteiger partial charge >= 0.3 is 5.97 Å². The van der Waals surface area contributed by atoms with E-state index >= 15 is 0 Å². The number of rotatable bonds is 24. The zero-order valence-corrected chi connectivity index (χ0v) is 38.9. The maximum atomic E-state index is 14.5. The van der Waals surface area contributed by atoms with Crippen molar-refractivity contribution in [3.8, 4) is 0 Å². The predicted molar refractivity (Wildman–Crippen MR) is 235 cm³/mol. The average molecular weight is 883 g/mol. The zero-order valence-electron chi connectivity index (χ0n) is 38.9. The Kier molecular flexibility index (Phi) is 19.5. The van der Waals surface area contributed by atoms with Gasteiger partial charge in [0.05, 0.1) is 36.6 Å². The number of hydrogen-bond donors (Lipinski definition) is 3. The Morgan fingerprint density at radius 2 is 1.56 bits per heavy atom. The topological polar surface area (TPSA) is 212 Å². The predicted octanol–water partition coefficient (Wildman–Crippen LogP) is 2.80. The molecular formula is C46H70N6O11. The van der Waals surface area contributed by atoms with Gasteiger partial charge in [0.2, 0.25) is 29.5 Å². The number of benzene rings is 1. The largest absolute Gasteiger partial charge is 0.480 e. The summed E-state index contributed by atoms with van der Waals surface area (Å²) in [6.45, 7) is 12.8. The van der Waals surface area contributed by atoms with Gasteiger partial charge in [0, 0.05) is 66.4 Å². The average Bonchev–Trinajstić information content (AvgIpc) is 3.87. The molecule has 0 aromatic heterocycles. The van der Waals surface area contributed by atoms with Crippen molar-refractivity contribution in [3.63, 3.8) is 0 Å². The maximum absolute atomic E-state index is 14.5. The maximum Gasteiger partial charge on any atom is 0.326 e. The highest BCUT2D eigenvalue weighted by molar-refractivity contribution is 6.12. The SMILES string of the molecule is CCC(C)C(C(CC(=O)N1CCCC1C(OC)C(C)C(=O)NC(Cc1ccccc1)C(=O)O)OC)N(C)C(=O)C(NC(=O)C(C)(C)N(C)C(=O)CCCN1C(=O)C=CC1=O)C(C)C. The summed E-state index contributed by atoms with van der Waals surface area (Å²) < 4.78 is 11.9. The lowest BCUT2D eigenvalue weighted by atomic mass is 9.89. The molecule has 3 N–H and O–H groups in total. The highest BCUT2D eigenvalue weighted by atomic mass is 16.5. The fourth-order valence-electron chi connectivity index (χ4n) is 8.38. The molecule has 2 heterocycles. The third-order valence-corrected chi connectivity index (χ3v) is 12.8. The standard InChI is InChI=1S/C46H70N6O11/c1-12-29(4)40(49(8)43(58)39(28(2)3)48-45(61)46(6,7)50(9)35(53)21-17-25-52-36(54)22-23-37(52)55)34(62-10)27-38(56)51-24-16-20-33(51)41(63-11)30(5)42(57)47-32(44(59)60)26-31-18-14-13-15-19-31/h13-15,18-19,22-23,28-30,32-34,39-41H,12,16-17,20-21,24-27H2,1-11H3,(H,47,57)(H,48,61)(H,59,60). The molecule has 0 aliphatic carbocycles. The van der Waals surface area contributed by atoms with E-state index in [-0.39, 0.29) is 55.9 Å². The molecule has 1 fully saturated rings. The van der Waals surface area contributed by atoms with Crippen LogP contribution in [0.4, 0.5) is 0 Å². The number of likely N-dealkylation sites (tertiary alicyclic amines) is 1. The minimum atomic E-state index is -1.38. The van der Waals surface area contributed by atoms with Gasteiger partial charge in [0.25, 0.3) is 11.8 Å². The Bertz CT molecular complexity index is 1800. The quantitative estimate of drug-likeness (QED) is 0.129. The van der Waals surface area contributed by atoms with Crippen molar-refractivity contribution >= 4 is 47.3 Å². The molecule has 1 aromatic carbocycles. The third kappa shape index (κ3) is 13.2. The molecule has 8 atom stereocenters. The minimum absolute atomic E-state index is 0.0195. The van der Waals surface area contributed by atoms with Gasteiger partial charge in [-0.2, -0.15) is 0 Å². The number of carbonyl (C=O) groups excluding carboxylic acids is 7. The van der Waals surface area contributed by atoms with Crippen molar-refractivity contribution in [2.45, 2.75) is 135 Å². The number of likely N-dealkylation sites (N-methyl/N-ethyl adjacent to an activating group) is 2. The lowest BCUT2D eigenvalue weighted by molar-refractivity contribution is -0.150. The second-order valence-electron chi connectivity index (χ2n) is 17.7. The summed E-state index contributed by atoms with van der Waals surface area (Å²) in [5, 5.41) is 15.5. The number of ether oxygens (including phenoxy) is 2. The number of hydrogen-bond acceptors (Lipinski definition) is 10. The van der Waals surface area contributed by atoms with Crippen LogP contribution < -0.4 is 10.6 Å². The smallest absolute Gasteiger partial charge is 0.326 e. The lowest BCUT2D eigenvalue weighted by Crippen LogP contribution is -2.62. The number of aliphatic carboxylic acids is 1. The monoisotopic (exact) mass is 883 g/mol. The third-order valence-electron chi connectivity index (χ3n) is 12.8. The molecular weight excluding hydrogens is 813 g/mol. The van der Waals surface area contributed by atoms with E-state index < -0.39 is 83.3 Å². The van der Waals surface area contributed by atoms with Gasteiger partial charge in [-0.3, -0.25) is 38.5 Å². The molecule has 1 aromatic rings. The van der Waals surface area contributed by atoms with Crippen LogP contribution in [0.25, 0.3) is 0 Å². The number of carboxylic acid groups (broad SMARTS) is 1. The van der Waals surface area contributed by atoms with Gasteiger partial charge in [-0.15, -0.1) is 0 Å². The van der Waals surface area contributed by atoms with Gasteiger partial charge < -0.3 is 39.9 Å². The Labute approximate surface area is 372 Å². The minimum Gasteiger partial charge on any atom is -0.480 e. The van der Waals surface area contributed by atoms with E-state index in [0.717, 1.165) is 10.5 Å². The van der Waals surface area contributed by atoms with E-state index in [1.54, 1.807) is 75.7 Å². The van der Waals surface area contributed by atoms with E-state index in [1.165, 1.54) is 38.3 Å². The summed E-state index contributed by atoms with van der Waals surface area (Å²) in [6, 6.07) is 5.76. The number of methoxy groups -OCH3 is 2. The molecule has 2 aliphatic rings. The summed E-state index contributed by atoms with van der Waals surface area (Å²) in [4.78, 5) is 111. The van der Waals surface area contributed by atoms with Crippen LogP contribution in [-0.2, 0) is 54.3 Å². The molecule has 0 saturated carbocycles. The molecule has 3 rings (SSSR count). The van der Waals surface area contributed by atoms with E-state index in [4.69, 9.17) is 9.47 Å².